The van der Waals surface area contributed by atoms with Crippen LogP contribution >= 0.6 is 33.2 Å². The molecule has 12 heteroatoms. The summed E-state index contributed by atoms with van der Waals surface area (Å²) in [5.74, 6) is -1.61. The number of likely N-dealkylation sites (tertiary alicyclic amines) is 1. The maximum atomic E-state index is 12.6. The normalized spacial score (nSPS) is 18.6. The van der Waals surface area contributed by atoms with Crippen molar-refractivity contribution >= 4 is 50.8 Å². The molecule has 1 fully saturated rings. The first-order chi connectivity index (χ1) is 15.8. The smallest absolute Gasteiger partial charge is 0.328 e. The van der Waals surface area contributed by atoms with Gasteiger partial charge >= 0.3 is 17.6 Å². The Labute approximate surface area is 202 Å². The number of hydrogen-bond donors (Lipinski definition) is 1. The largest absolute Gasteiger partial charge is 0.478 e. The van der Waals surface area contributed by atoms with E-state index in [4.69, 9.17) is 16.3 Å². The molecule has 1 N–H and O–H groups in total. The van der Waals surface area contributed by atoms with Crippen molar-refractivity contribution in [1.82, 2.24) is 9.88 Å². The van der Waals surface area contributed by atoms with Crippen molar-refractivity contribution in [3.05, 3.63) is 74.9 Å². The van der Waals surface area contributed by atoms with Crippen molar-refractivity contribution in [3.8, 4) is 0 Å². The number of carboxylic acids is 1. The van der Waals surface area contributed by atoms with Crippen molar-refractivity contribution in [1.29, 1.82) is 0 Å². The molecule has 2 aromatic rings. The summed E-state index contributed by atoms with van der Waals surface area (Å²) in [5.41, 5.74) is 1.04. The molecule has 3 rings (SSSR count). The van der Waals surface area contributed by atoms with Crippen LogP contribution in [-0.2, 0) is 14.3 Å². The number of benzene rings is 1. The minimum Gasteiger partial charge on any atom is -0.478 e. The van der Waals surface area contributed by atoms with Crippen molar-refractivity contribution in [2.45, 2.75) is 22.7 Å². The molecule has 1 aliphatic heterocycles. The van der Waals surface area contributed by atoms with Crippen LogP contribution in [0.25, 0.3) is 0 Å². The molecule has 174 valence electrons. The van der Waals surface area contributed by atoms with Crippen LogP contribution in [0.3, 0.4) is 0 Å². The van der Waals surface area contributed by atoms with Crippen LogP contribution in [0.4, 0.5) is 5.69 Å². The van der Waals surface area contributed by atoms with Crippen LogP contribution in [0, 0.1) is 10.1 Å². The van der Waals surface area contributed by atoms with Crippen molar-refractivity contribution in [2.24, 2.45) is 0 Å². The minimum absolute atomic E-state index is 0.110. The second-order valence-electron chi connectivity index (χ2n) is 7.02. The Kier molecular flexibility index (Phi) is 8.73. The summed E-state index contributed by atoms with van der Waals surface area (Å²) in [6, 6.07) is 9.01. The molecule has 0 saturated carbocycles. The lowest BCUT2D eigenvalue weighted by Gasteiger charge is -2.37. The van der Waals surface area contributed by atoms with E-state index in [-0.39, 0.29) is 22.5 Å². The molecular formula is C21H20ClN3O6S2. The number of carboxylic acid groups (broad SMARTS) is 1. The molecule has 33 heavy (non-hydrogen) atoms. The van der Waals surface area contributed by atoms with Crippen LogP contribution in [0.15, 0.2) is 59.3 Å². The van der Waals surface area contributed by atoms with Crippen molar-refractivity contribution in [2.75, 3.05) is 20.2 Å². The maximum Gasteiger partial charge on any atom is 0.328 e. The van der Waals surface area contributed by atoms with E-state index in [0.29, 0.717) is 29.1 Å². The van der Waals surface area contributed by atoms with Gasteiger partial charge in [0, 0.05) is 41.7 Å². The molecule has 1 saturated heterocycles. The average Bonchev–Trinajstić information content (AvgIpc) is 2.79. The number of pyridine rings is 1. The lowest BCUT2D eigenvalue weighted by Crippen LogP contribution is -2.42. The van der Waals surface area contributed by atoms with Gasteiger partial charge in [-0.2, -0.15) is 0 Å². The van der Waals surface area contributed by atoms with E-state index in [1.165, 1.54) is 36.2 Å². The highest BCUT2D eigenvalue weighted by Crippen LogP contribution is 2.43. The molecule has 0 amide bonds. The molecule has 0 bridgehead atoms. The Bertz CT molecular complexity index is 1080. The van der Waals surface area contributed by atoms with E-state index in [1.54, 1.807) is 24.3 Å². The van der Waals surface area contributed by atoms with E-state index in [9.17, 15) is 24.8 Å². The van der Waals surface area contributed by atoms with Gasteiger partial charge in [-0.1, -0.05) is 40.6 Å². The number of ether oxygens (including phenoxy) is 1. The molecule has 1 aliphatic rings. The number of rotatable bonds is 8. The molecule has 0 spiro atoms. The SMILES string of the molecule is COC(=O)[C@H](c1ccccc1Cl)N1CCC(SSc2ncccc2[N+](=O)[O-])/C(=C\C(=O)O)C1. The number of nitrogens with zero attached hydrogens (tertiary/aromatic N) is 3. The fourth-order valence-corrected chi connectivity index (χ4v) is 6.39. The summed E-state index contributed by atoms with van der Waals surface area (Å²) in [4.78, 5) is 40.8. The number of halogens is 1. The summed E-state index contributed by atoms with van der Waals surface area (Å²) >= 11 is 6.33. The first-order valence-corrected chi connectivity index (χ1v) is 12.3. The Morgan fingerprint density at radius 3 is 2.79 bits per heavy atom. The highest BCUT2D eigenvalue weighted by molar-refractivity contribution is 8.77. The third kappa shape index (κ3) is 6.26. The van der Waals surface area contributed by atoms with Gasteiger partial charge in [0.05, 0.1) is 12.0 Å². The lowest BCUT2D eigenvalue weighted by molar-refractivity contribution is -0.388. The van der Waals surface area contributed by atoms with Gasteiger partial charge in [0.15, 0.2) is 5.03 Å². The number of piperidine rings is 1. The third-order valence-electron chi connectivity index (χ3n) is 4.97. The van der Waals surface area contributed by atoms with Crippen LogP contribution in [0.5, 0.6) is 0 Å². The Morgan fingerprint density at radius 2 is 2.12 bits per heavy atom. The number of aliphatic carboxylic acids is 1. The quantitative estimate of drug-likeness (QED) is 0.180. The molecule has 1 unspecified atom stereocenters. The highest BCUT2D eigenvalue weighted by Gasteiger charge is 2.36. The first-order valence-electron chi connectivity index (χ1n) is 9.74. The summed E-state index contributed by atoms with van der Waals surface area (Å²) in [5, 5.41) is 21.1. The van der Waals surface area contributed by atoms with E-state index >= 15 is 0 Å². The highest BCUT2D eigenvalue weighted by atomic mass is 35.5. The van der Waals surface area contributed by atoms with Crippen LogP contribution in [-0.4, -0.2) is 57.3 Å². The second kappa shape index (κ2) is 11.5. The van der Waals surface area contributed by atoms with E-state index in [2.05, 4.69) is 4.98 Å². The van der Waals surface area contributed by atoms with Crippen LogP contribution < -0.4 is 0 Å². The molecule has 9 nitrogen and oxygen atoms in total. The van der Waals surface area contributed by atoms with Crippen molar-refractivity contribution in [3.63, 3.8) is 0 Å². The number of carbonyl (C=O) groups excluding carboxylic acids is 1. The summed E-state index contributed by atoms with van der Waals surface area (Å²) in [6.07, 6.45) is 3.10. The zero-order chi connectivity index (χ0) is 24.0. The number of esters is 1. The predicted octanol–water partition coefficient (Wildman–Crippen LogP) is 4.38. The molecule has 0 aliphatic carbocycles. The predicted molar refractivity (Wildman–Crippen MR) is 126 cm³/mol. The molecule has 1 aromatic heterocycles. The summed E-state index contributed by atoms with van der Waals surface area (Å²) < 4.78 is 5.00. The van der Waals surface area contributed by atoms with Gasteiger partial charge in [0.25, 0.3) is 0 Å². The van der Waals surface area contributed by atoms with Gasteiger partial charge in [-0.25, -0.2) is 14.6 Å². The number of aromatic nitrogens is 1. The summed E-state index contributed by atoms with van der Waals surface area (Å²) in [7, 11) is 3.73. The Morgan fingerprint density at radius 1 is 1.36 bits per heavy atom. The van der Waals surface area contributed by atoms with E-state index in [1.807, 2.05) is 4.90 Å². The Balaban J connectivity index is 1.83. The zero-order valence-corrected chi connectivity index (χ0v) is 19.8. The molecule has 0 radical (unpaired) electrons. The van der Waals surface area contributed by atoms with E-state index < -0.39 is 22.9 Å². The molecule has 2 atom stereocenters. The van der Waals surface area contributed by atoms with Gasteiger partial charge in [-0.3, -0.25) is 15.0 Å². The zero-order valence-electron chi connectivity index (χ0n) is 17.4. The lowest BCUT2D eigenvalue weighted by atomic mass is 9.98. The van der Waals surface area contributed by atoms with E-state index in [0.717, 1.165) is 16.9 Å². The minimum atomic E-state index is -1.11. The van der Waals surface area contributed by atoms with Gasteiger partial charge in [0.2, 0.25) is 0 Å². The summed E-state index contributed by atoms with van der Waals surface area (Å²) in [6.45, 7) is 0.657. The van der Waals surface area contributed by atoms with Crippen LogP contribution in [0.2, 0.25) is 5.02 Å². The topological polar surface area (TPSA) is 123 Å². The fraction of sp³-hybridized carbons (Fsp3) is 0.286. The molecule has 2 heterocycles. The fourth-order valence-electron chi connectivity index (χ4n) is 3.48. The molecular weight excluding hydrogens is 490 g/mol. The van der Waals surface area contributed by atoms with Gasteiger partial charge < -0.3 is 9.84 Å². The second-order valence-corrected chi connectivity index (χ2v) is 9.82. The monoisotopic (exact) mass is 509 g/mol. The number of methoxy groups -OCH3 is 1. The average molecular weight is 510 g/mol. The number of hydrogen-bond acceptors (Lipinski definition) is 9. The van der Waals surface area contributed by atoms with Crippen molar-refractivity contribution < 1.29 is 24.4 Å². The number of nitro groups is 1. The standard InChI is InChI=1S/C21H20ClN3O6S2/c1-31-21(28)19(14-5-2-3-6-15(14)22)24-10-8-17(13(12-24)11-18(26)27)32-33-20-16(25(29)30)7-4-9-23-20/h2-7,9,11,17,19H,8,10,12H2,1H3,(H,26,27)/b13-11-/t17?,19-/m0/s1. The van der Waals surface area contributed by atoms with Gasteiger partial charge in [0.1, 0.15) is 6.04 Å². The third-order valence-corrected chi connectivity index (χ3v) is 8.11. The molecule has 1 aromatic carbocycles. The first kappa shape index (κ1) is 25.0. The number of carbonyl (C=O) groups is 2. The van der Waals surface area contributed by atoms with Gasteiger partial charge in [-0.05, 0) is 40.5 Å². The van der Waals surface area contributed by atoms with Crippen LogP contribution in [0.1, 0.15) is 18.0 Å². The Hall–Kier alpha value is -2.60. The maximum absolute atomic E-state index is 12.6. The van der Waals surface area contributed by atoms with Gasteiger partial charge in [-0.15, -0.1) is 0 Å².